The molecule has 8 heteroatoms. The lowest BCUT2D eigenvalue weighted by molar-refractivity contribution is -0.122. The van der Waals surface area contributed by atoms with Crippen LogP contribution in [-0.2, 0) is 19.1 Å². The number of methoxy groups -OCH3 is 1. The van der Waals surface area contributed by atoms with Gasteiger partial charge in [-0.3, -0.25) is 19.3 Å². The Hall–Kier alpha value is -4.46. The summed E-state index contributed by atoms with van der Waals surface area (Å²) in [5.74, 6) is -1.74. The lowest BCUT2D eigenvalue weighted by Crippen LogP contribution is -2.31. The number of carbonyl (C=O) groups is 4. The molecule has 3 amide bonds. The second kappa shape index (κ2) is 10.9. The molecule has 0 unspecified atom stereocenters. The van der Waals surface area contributed by atoms with Crippen molar-refractivity contribution in [2.75, 3.05) is 23.9 Å². The maximum absolute atomic E-state index is 13.4. The molecule has 1 saturated heterocycles. The van der Waals surface area contributed by atoms with Crippen molar-refractivity contribution >= 4 is 35.1 Å². The molecule has 8 nitrogen and oxygen atoms in total. The van der Waals surface area contributed by atoms with Crippen molar-refractivity contribution < 1.29 is 28.7 Å². The van der Waals surface area contributed by atoms with Crippen LogP contribution in [0.4, 0.5) is 11.4 Å². The van der Waals surface area contributed by atoms with Crippen LogP contribution in [0.2, 0.25) is 0 Å². The van der Waals surface area contributed by atoms with Crippen LogP contribution >= 0.6 is 0 Å². The number of rotatable bonds is 7. The highest BCUT2D eigenvalue weighted by Gasteiger charge is 2.50. The first-order valence-electron chi connectivity index (χ1n) is 12.6. The van der Waals surface area contributed by atoms with Gasteiger partial charge in [-0.25, -0.2) is 4.79 Å². The second-order valence-corrected chi connectivity index (χ2v) is 9.52. The number of hydrogen-bond acceptors (Lipinski definition) is 6. The summed E-state index contributed by atoms with van der Waals surface area (Å²) in [6, 6.07) is 23.2. The molecule has 1 aliphatic carbocycles. The van der Waals surface area contributed by atoms with Gasteiger partial charge < -0.3 is 14.8 Å². The minimum Gasteiger partial charge on any atom is -0.495 e. The minimum absolute atomic E-state index is 0.144. The van der Waals surface area contributed by atoms with Gasteiger partial charge in [-0.15, -0.1) is 0 Å². The van der Waals surface area contributed by atoms with Gasteiger partial charge in [0.25, 0.3) is 5.91 Å². The van der Waals surface area contributed by atoms with Crippen molar-refractivity contribution in [3.63, 3.8) is 0 Å². The highest BCUT2D eigenvalue weighted by atomic mass is 16.5. The number of para-hydroxylation sites is 2. The molecule has 3 aromatic carbocycles. The molecule has 194 valence electrons. The molecule has 1 heterocycles. The van der Waals surface area contributed by atoms with E-state index in [0.29, 0.717) is 30.0 Å². The first-order chi connectivity index (χ1) is 18.5. The Balaban J connectivity index is 1.24. The summed E-state index contributed by atoms with van der Waals surface area (Å²) in [6.07, 6.45) is 2.12. The molecule has 0 aromatic heterocycles. The third-order valence-corrected chi connectivity index (χ3v) is 7.25. The molecule has 1 saturated carbocycles. The number of carbonyl (C=O) groups excluding carboxylic acids is 4. The highest BCUT2D eigenvalue weighted by Crippen LogP contribution is 2.45. The number of benzene rings is 3. The number of nitrogens with zero attached hydrogens (tertiary/aromatic N) is 1. The quantitative estimate of drug-likeness (QED) is 0.368. The predicted molar refractivity (Wildman–Crippen MR) is 141 cm³/mol. The Morgan fingerprint density at radius 3 is 2.42 bits per heavy atom. The maximum atomic E-state index is 13.4. The van der Waals surface area contributed by atoms with Gasteiger partial charge in [0.1, 0.15) is 5.75 Å². The molecule has 0 bridgehead atoms. The lowest BCUT2D eigenvalue weighted by Gasteiger charge is -2.28. The molecule has 2 fully saturated rings. The number of anilines is 2. The van der Waals surface area contributed by atoms with Gasteiger partial charge >= 0.3 is 5.97 Å². The SMILES string of the molecule is COc1ccccc1NC(=O)COC(=O)c1cccc(N2C(=O)[C@@H]3CC[C@H](c4ccccc4)C[C@H]3C2=O)c1. The summed E-state index contributed by atoms with van der Waals surface area (Å²) in [4.78, 5) is 52.8. The van der Waals surface area contributed by atoms with E-state index in [0.717, 1.165) is 6.42 Å². The van der Waals surface area contributed by atoms with E-state index in [-0.39, 0.29) is 35.1 Å². The summed E-state index contributed by atoms with van der Waals surface area (Å²) < 4.78 is 10.4. The van der Waals surface area contributed by atoms with Crippen molar-refractivity contribution in [3.8, 4) is 5.75 Å². The molecule has 0 radical (unpaired) electrons. The van der Waals surface area contributed by atoms with Gasteiger partial charge in [0.2, 0.25) is 11.8 Å². The Kier molecular flexibility index (Phi) is 7.22. The van der Waals surface area contributed by atoms with Crippen molar-refractivity contribution in [2.24, 2.45) is 11.8 Å². The van der Waals surface area contributed by atoms with Crippen molar-refractivity contribution in [3.05, 3.63) is 90.0 Å². The Bertz CT molecular complexity index is 1370. The molecule has 38 heavy (non-hydrogen) atoms. The normalized spacial score (nSPS) is 20.6. The lowest BCUT2D eigenvalue weighted by atomic mass is 9.73. The van der Waals surface area contributed by atoms with Gasteiger partial charge in [0.05, 0.1) is 35.9 Å². The van der Waals surface area contributed by atoms with Crippen LogP contribution in [0.15, 0.2) is 78.9 Å². The summed E-state index contributed by atoms with van der Waals surface area (Å²) in [7, 11) is 1.49. The van der Waals surface area contributed by atoms with Crippen LogP contribution in [0.5, 0.6) is 5.75 Å². The molecule has 3 aromatic rings. The summed E-state index contributed by atoms with van der Waals surface area (Å²) in [5, 5.41) is 2.64. The molecule has 3 atom stereocenters. The van der Waals surface area contributed by atoms with E-state index in [1.165, 1.54) is 29.7 Å². The smallest absolute Gasteiger partial charge is 0.338 e. The number of ether oxygens (including phenoxy) is 2. The van der Waals surface area contributed by atoms with E-state index in [9.17, 15) is 19.2 Å². The Morgan fingerprint density at radius 2 is 1.63 bits per heavy atom. The fourth-order valence-corrected chi connectivity index (χ4v) is 5.38. The first-order valence-corrected chi connectivity index (χ1v) is 12.6. The molecular weight excluding hydrogens is 484 g/mol. The van der Waals surface area contributed by atoms with E-state index >= 15 is 0 Å². The molecule has 0 spiro atoms. The standard InChI is InChI=1S/C30H28N2O6/c1-37-26-13-6-5-12-25(26)31-27(33)18-38-30(36)21-10-7-11-22(16-21)32-28(34)23-15-14-20(17-24(23)29(32)35)19-8-3-2-4-9-19/h2-13,16,20,23-24H,14-15,17-18H2,1H3,(H,31,33)/t20-,23+,24+/m0/s1. The van der Waals surface area contributed by atoms with E-state index < -0.39 is 18.5 Å². The van der Waals surface area contributed by atoms with Gasteiger partial charge in [0.15, 0.2) is 6.61 Å². The van der Waals surface area contributed by atoms with Crippen LogP contribution in [0.25, 0.3) is 0 Å². The minimum atomic E-state index is -0.734. The number of nitrogens with one attached hydrogen (secondary N) is 1. The van der Waals surface area contributed by atoms with Gasteiger partial charge in [-0.1, -0.05) is 48.5 Å². The van der Waals surface area contributed by atoms with E-state index in [2.05, 4.69) is 17.4 Å². The molecular formula is C30H28N2O6. The van der Waals surface area contributed by atoms with Crippen LogP contribution in [0.3, 0.4) is 0 Å². The predicted octanol–water partition coefficient (Wildman–Crippen LogP) is 4.56. The van der Waals surface area contributed by atoms with Crippen LogP contribution < -0.4 is 15.0 Å². The van der Waals surface area contributed by atoms with E-state index in [1.54, 1.807) is 36.4 Å². The number of hydrogen-bond donors (Lipinski definition) is 1. The van der Waals surface area contributed by atoms with E-state index in [1.807, 2.05) is 18.2 Å². The Labute approximate surface area is 220 Å². The van der Waals surface area contributed by atoms with Gasteiger partial charge in [-0.05, 0) is 61.1 Å². The third-order valence-electron chi connectivity index (χ3n) is 7.25. The van der Waals surface area contributed by atoms with Gasteiger partial charge in [-0.2, -0.15) is 0 Å². The fourth-order valence-electron chi connectivity index (χ4n) is 5.38. The summed E-state index contributed by atoms with van der Waals surface area (Å²) >= 11 is 0. The largest absolute Gasteiger partial charge is 0.495 e. The number of fused-ring (bicyclic) bond motifs is 1. The van der Waals surface area contributed by atoms with Crippen molar-refractivity contribution in [1.29, 1.82) is 0 Å². The Morgan fingerprint density at radius 1 is 0.895 bits per heavy atom. The van der Waals surface area contributed by atoms with Gasteiger partial charge in [0, 0.05) is 0 Å². The second-order valence-electron chi connectivity index (χ2n) is 9.52. The van der Waals surface area contributed by atoms with E-state index in [4.69, 9.17) is 9.47 Å². The number of esters is 1. The topological polar surface area (TPSA) is 102 Å². The summed E-state index contributed by atoms with van der Waals surface area (Å²) in [5.41, 5.74) is 2.12. The van der Waals surface area contributed by atoms with Crippen LogP contribution in [0, 0.1) is 11.8 Å². The first kappa shape index (κ1) is 25.2. The average molecular weight is 513 g/mol. The number of amides is 3. The third kappa shape index (κ3) is 5.02. The fraction of sp³-hybridized carbons (Fsp3) is 0.267. The van der Waals surface area contributed by atoms with Crippen LogP contribution in [-0.4, -0.2) is 37.4 Å². The zero-order valence-corrected chi connectivity index (χ0v) is 21.0. The maximum Gasteiger partial charge on any atom is 0.338 e. The van der Waals surface area contributed by atoms with Crippen molar-refractivity contribution in [1.82, 2.24) is 0 Å². The summed E-state index contributed by atoms with van der Waals surface area (Å²) in [6.45, 7) is -0.506. The highest BCUT2D eigenvalue weighted by molar-refractivity contribution is 6.22. The molecule has 1 N–H and O–H groups in total. The van der Waals surface area contributed by atoms with Crippen molar-refractivity contribution in [2.45, 2.75) is 25.2 Å². The number of imide groups is 1. The van der Waals surface area contributed by atoms with Crippen LogP contribution in [0.1, 0.15) is 41.1 Å². The average Bonchev–Trinajstić information content (AvgIpc) is 3.21. The molecule has 2 aliphatic rings. The zero-order valence-electron chi connectivity index (χ0n) is 21.0. The molecule has 5 rings (SSSR count). The molecule has 1 aliphatic heterocycles. The zero-order chi connectivity index (χ0) is 26.6. The monoisotopic (exact) mass is 512 g/mol.